The number of morpholine rings is 1. The number of allylic oxidation sites excluding steroid dienone is 1. The van der Waals surface area contributed by atoms with E-state index in [1.807, 2.05) is 29.2 Å². The molecule has 11 heteroatoms. The Morgan fingerprint density at radius 3 is 2.74 bits per heavy atom. The average Bonchev–Trinajstić information content (AvgIpc) is 3.49. The molecule has 2 N–H and O–H groups in total. The van der Waals surface area contributed by atoms with Gasteiger partial charge < -0.3 is 19.7 Å². The van der Waals surface area contributed by atoms with Crippen molar-refractivity contribution in [2.75, 3.05) is 31.2 Å². The van der Waals surface area contributed by atoms with Gasteiger partial charge in [-0.3, -0.25) is 4.57 Å². The van der Waals surface area contributed by atoms with Gasteiger partial charge in [-0.1, -0.05) is 30.0 Å². The number of nitrogens with one attached hydrogen (secondary N) is 1. The molecule has 4 aromatic rings. The van der Waals surface area contributed by atoms with Crippen molar-refractivity contribution in [3.05, 3.63) is 65.9 Å². The maximum Gasteiger partial charge on any atom is 0.232 e. The Labute approximate surface area is 204 Å². The van der Waals surface area contributed by atoms with E-state index in [-0.39, 0.29) is 17.1 Å². The van der Waals surface area contributed by atoms with Crippen LogP contribution in [0.5, 0.6) is 0 Å². The number of aliphatic hydroxyl groups is 1. The van der Waals surface area contributed by atoms with Crippen molar-refractivity contribution in [2.45, 2.75) is 17.3 Å². The summed E-state index contributed by atoms with van der Waals surface area (Å²) in [6.07, 6.45) is 0. The van der Waals surface area contributed by atoms with E-state index in [1.54, 1.807) is 23.6 Å². The zero-order valence-corrected chi connectivity index (χ0v) is 19.7. The number of rotatable bonds is 6. The predicted octanol–water partition coefficient (Wildman–Crippen LogP) is 4.09. The molecule has 0 bridgehead atoms. The van der Waals surface area contributed by atoms with Gasteiger partial charge in [0.15, 0.2) is 11.0 Å². The number of ether oxygens (including phenoxy) is 1. The molecule has 1 unspecified atom stereocenters. The van der Waals surface area contributed by atoms with Gasteiger partial charge in [-0.05, 0) is 37.3 Å². The molecule has 1 saturated heterocycles. The van der Waals surface area contributed by atoms with E-state index in [9.17, 15) is 14.8 Å². The highest BCUT2D eigenvalue weighted by Gasteiger charge is 2.26. The summed E-state index contributed by atoms with van der Waals surface area (Å²) in [5.74, 6) is 0.333. The summed E-state index contributed by atoms with van der Waals surface area (Å²) in [6, 6.07) is 15.6. The van der Waals surface area contributed by atoms with Crippen LogP contribution >= 0.6 is 11.8 Å². The summed E-state index contributed by atoms with van der Waals surface area (Å²) in [6.45, 7) is 4.13. The number of hydrogen-bond acceptors (Lipinski definition) is 8. The van der Waals surface area contributed by atoms with Crippen molar-refractivity contribution < 1.29 is 14.2 Å². The van der Waals surface area contributed by atoms with E-state index < -0.39 is 5.25 Å². The van der Waals surface area contributed by atoms with Gasteiger partial charge in [-0.2, -0.15) is 5.26 Å². The number of H-pyrrole nitrogens is 1. The minimum atomic E-state index is -0.563. The first-order valence-corrected chi connectivity index (χ1v) is 11.9. The van der Waals surface area contributed by atoms with Crippen LogP contribution in [-0.2, 0) is 4.74 Å². The number of halogens is 1. The second kappa shape index (κ2) is 9.77. The standard InChI is InChI=1S/C24H22FN7O2S/c1-15(21(33)18(14-26)22-27-19-7-2-3-8-20(19)28-22)35-24-30-29-23(31-9-11-34-12-10-31)32(24)17-6-4-5-16(25)13-17/h2-8,13,15,33H,9-12H2,1H3,(H,27,28)/b21-18-. The zero-order valence-electron chi connectivity index (χ0n) is 18.8. The van der Waals surface area contributed by atoms with Crippen LogP contribution in [0.3, 0.4) is 0 Å². The topological polar surface area (TPSA) is 116 Å². The SMILES string of the molecule is CC(Sc1nnc(N2CCOCC2)n1-c1cccc(F)c1)/C(O)=C(\C#N)c1nc2ccccc2[nH]1. The lowest BCUT2D eigenvalue weighted by molar-refractivity contribution is 0.122. The van der Waals surface area contributed by atoms with E-state index in [1.165, 1.54) is 23.9 Å². The summed E-state index contributed by atoms with van der Waals surface area (Å²) in [5, 5.41) is 29.4. The van der Waals surface area contributed by atoms with Crippen molar-refractivity contribution >= 4 is 34.3 Å². The smallest absolute Gasteiger partial charge is 0.232 e. The van der Waals surface area contributed by atoms with Gasteiger partial charge in [0.2, 0.25) is 5.95 Å². The third-order valence-corrected chi connectivity index (χ3v) is 6.69. The largest absolute Gasteiger partial charge is 0.510 e. The molecule has 2 aromatic carbocycles. The lowest BCUT2D eigenvalue weighted by Crippen LogP contribution is -2.37. The molecule has 1 fully saturated rings. The molecule has 35 heavy (non-hydrogen) atoms. The molecule has 1 atom stereocenters. The fraction of sp³-hybridized carbons (Fsp3) is 0.250. The molecule has 5 rings (SSSR count). The number of benzene rings is 2. The number of para-hydroxylation sites is 2. The van der Waals surface area contributed by atoms with Crippen LogP contribution < -0.4 is 4.90 Å². The normalized spacial score (nSPS) is 15.6. The van der Waals surface area contributed by atoms with E-state index in [2.05, 4.69) is 26.2 Å². The Hall–Kier alpha value is -3.88. The lowest BCUT2D eigenvalue weighted by atomic mass is 10.2. The second-order valence-corrected chi connectivity index (χ2v) is 9.24. The quantitative estimate of drug-likeness (QED) is 0.235. The first kappa shape index (κ1) is 22.9. The molecule has 1 aliphatic heterocycles. The monoisotopic (exact) mass is 491 g/mol. The number of aromatic nitrogens is 5. The van der Waals surface area contributed by atoms with Gasteiger partial charge in [0.05, 0.1) is 35.2 Å². The number of aromatic amines is 1. The summed E-state index contributed by atoms with van der Waals surface area (Å²) in [7, 11) is 0. The minimum absolute atomic E-state index is 0.0476. The number of hydrogen-bond donors (Lipinski definition) is 2. The Balaban J connectivity index is 1.51. The van der Waals surface area contributed by atoms with Gasteiger partial charge in [0.1, 0.15) is 23.2 Å². The van der Waals surface area contributed by atoms with Gasteiger partial charge in [-0.25, -0.2) is 9.37 Å². The molecule has 2 aromatic heterocycles. The van der Waals surface area contributed by atoms with Crippen LogP contribution in [0.2, 0.25) is 0 Å². The van der Waals surface area contributed by atoms with Crippen LogP contribution in [0.4, 0.5) is 10.3 Å². The van der Waals surface area contributed by atoms with Crippen LogP contribution in [0.15, 0.2) is 59.4 Å². The van der Waals surface area contributed by atoms with Crippen molar-refractivity contribution in [2.24, 2.45) is 0 Å². The zero-order chi connectivity index (χ0) is 24.4. The van der Waals surface area contributed by atoms with Crippen molar-refractivity contribution in [1.82, 2.24) is 24.7 Å². The third-order valence-electron chi connectivity index (χ3n) is 5.64. The third kappa shape index (κ3) is 4.58. The Morgan fingerprint density at radius 2 is 2.00 bits per heavy atom. The van der Waals surface area contributed by atoms with Crippen molar-refractivity contribution in [1.29, 1.82) is 5.26 Å². The summed E-state index contributed by atoms with van der Waals surface area (Å²) < 4.78 is 21.3. The summed E-state index contributed by atoms with van der Waals surface area (Å²) >= 11 is 1.22. The number of nitriles is 1. The predicted molar refractivity (Wildman–Crippen MR) is 131 cm³/mol. The molecular formula is C24H22FN7O2S. The van der Waals surface area contributed by atoms with E-state index in [0.717, 1.165) is 5.52 Å². The number of fused-ring (bicyclic) bond motifs is 1. The maximum absolute atomic E-state index is 14.1. The highest BCUT2D eigenvalue weighted by atomic mass is 32.2. The van der Waals surface area contributed by atoms with Crippen LogP contribution in [0, 0.1) is 17.1 Å². The second-order valence-electron chi connectivity index (χ2n) is 7.93. The van der Waals surface area contributed by atoms with Gasteiger partial charge in [0, 0.05) is 13.1 Å². The van der Waals surface area contributed by atoms with Gasteiger partial charge in [0.25, 0.3) is 0 Å². The molecule has 0 amide bonds. The fourth-order valence-electron chi connectivity index (χ4n) is 3.87. The average molecular weight is 492 g/mol. The maximum atomic E-state index is 14.1. The number of thioether (sulfide) groups is 1. The summed E-state index contributed by atoms with van der Waals surface area (Å²) in [5.41, 5.74) is 2.08. The van der Waals surface area contributed by atoms with E-state index >= 15 is 0 Å². The Morgan fingerprint density at radius 1 is 1.20 bits per heavy atom. The lowest BCUT2D eigenvalue weighted by Gasteiger charge is -2.28. The van der Waals surface area contributed by atoms with Crippen LogP contribution in [0.1, 0.15) is 12.7 Å². The molecule has 178 valence electrons. The number of aliphatic hydroxyl groups excluding tert-OH is 1. The number of imidazole rings is 1. The molecule has 0 radical (unpaired) electrons. The minimum Gasteiger partial charge on any atom is -0.510 e. The first-order valence-electron chi connectivity index (χ1n) is 11.0. The highest BCUT2D eigenvalue weighted by molar-refractivity contribution is 8.00. The van der Waals surface area contributed by atoms with E-state index in [0.29, 0.717) is 54.4 Å². The Bertz CT molecular complexity index is 1400. The summed E-state index contributed by atoms with van der Waals surface area (Å²) in [4.78, 5) is 9.55. The van der Waals surface area contributed by atoms with Crippen molar-refractivity contribution in [3.8, 4) is 11.8 Å². The Kier molecular flexibility index (Phi) is 6.39. The van der Waals surface area contributed by atoms with E-state index in [4.69, 9.17) is 4.74 Å². The molecule has 0 saturated carbocycles. The van der Waals surface area contributed by atoms with Crippen LogP contribution in [0.25, 0.3) is 22.3 Å². The molecule has 9 nitrogen and oxygen atoms in total. The van der Waals surface area contributed by atoms with Crippen molar-refractivity contribution in [3.63, 3.8) is 0 Å². The van der Waals surface area contributed by atoms with Gasteiger partial charge >= 0.3 is 0 Å². The molecular weight excluding hydrogens is 469 g/mol. The molecule has 0 aliphatic carbocycles. The van der Waals surface area contributed by atoms with Crippen LogP contribution in [-0.4, -0.2) is 61.4 Å². The number of nitrogens with zero attached hydrogens (tertiary/aromatic N) is 6. The number of anilines is 1. The highest BCUT2D eigenvalue weighted by Crippen LogP contribution is 2.33. The molecule has 3 heterocycles. The fourth-order valence-corrected chi connectivity index (χ4v) is 4.79. The first-order chi connectivity index (χ1) is 17.0. The molecule has 0 spiro atoms. The van der Waals surface area contributed by atoms with Gasteiger partial charge in [-0.15, -0.1) is 10.2 Å². The molecule has 1 aliphatic rings.